The molecule has 0 aliphatic rings. The number of hydrogen-bond donors (Lipinski definition) is 2. The molecule has 2 rings (SSSR count). The minimum absolute atomic E-state index is 0.0371. The SMILES string of the molecule is COc1cc(C(=O)Nc2cc(CN)ccc2C)ccc1F. The Kier molecular flexibility index (Phi) is 4.55. The van der Waals surface area contributed by atoms with Crippen LogP contribution in [0.25, 0.3) is 0 Å². The summed E-state index contributed by atoms with van der Waals surface area (Å²) in [6.45, 7) is 2.29. The normalized spacial score (nSPS) is 10.3. The number of rotatable bonds is 4. The van der Waals surface area contributed by atoms with Gasteiger partial charge in [-0.1, -0.05) is 12.1 Å². The van der Waals surface area contributed by atoms with Crippen molar-refractivity contribution in [2.24, 2.45) is 5.73 Å². The molecule has 4 nitrogen and oxygen atoms in total. The van der Waals surface area contributed by atoms with Gasteiger partial charge in [0.15, 0.2) is 11.6 Å². The van der Waals surface area contributed by atoms with E-state index >= 15 is 0 Å². The van der Waals surface area contributed by atoms with Crippen molar-refractivity contribution >= 4 is 11.6 Å². The second kappa shape index (κ2) is 6.37. The van der Waals surface area contributed by atoms with Crippen LogP contribution in [0.1, 0.15) is 21.5 Å². The van der Waals surface area contributed by atoms with Crippen molar-refractivity contribution in [2.45, 2.75) is 13.5 Å². The van der Waals surface area contributed by atoms with Gasteiger partial charge in [0.05, 0.1) is 7.11 Å². The average molecular weight is 288 g/mol. The number of nitrogens with one attached hydrogen (secondary N) is 1. The van der Waals surface area contributed by atoms with Gasteiger partial charge in [-0.15, -0.1) is 0 Å². The van der Waals surface area contributed by atoms with Crippen LogP contribution in [0.4, 0.5) is 10.1 Å². The molecule has 0 aliphatic carbocycles. The Morgan fingerprint density at radius 2 is 2.05 bits per heavy atom. The molecule has 1 amide bonds. The van der Waals surface area contributed by atoms with Gasteiger partial charge >= 0.3 is 0 Å². The number of amides is 1. The Balaban J connectivity index is 2.25. The maximum absolute atomic E-state index is 13.4. The van der Waals surface area contributed by atoms with Crippen LogP contribution in [0.2, 0.25) is 0 Å². The third-order valence-corrected chi connectivity index (χ3v) is 3.20. The summed E-state index contributed by atoms with van der Waals surface area (Å²) in [5.41, 5.74) is 8.45. The van der Waals surface area contributed by atoms with Crippen molar-refractivity contribution < 1.29 is 13.9 Å². The first-order valence-corrected chi connectivity index (χ1v) is 6.49. The summed E-state index contributed by atoms with van der Waals surface area (Å²) in [7, 11) is 1.36. The smallest absolute Gasteiger partial charge is 0.255 e. The van der Waals surface area contributed by atoms with Crippen LogP contribution in [-0.4, -0.2) is 13.0 Å². The maximum atomic E-state index is 13.4. The molecule has 0 radical (unpaired) electrons. The van der Waals surface area contributed by atoms with E-state index in [0.29, 0.717) is 17.8 Å². The van der Waals surface area contributed by atoms with Crippen LogP contribution in [-0.2, 0) is 6.54 Å². The van der Waals surface area contributed by atoms with E-state index in [1.165, 1.54) is 25.3 Å². The Labute approximate surface area is 122 Å². The van der Waals surface area contributed by atoms with Crippen molar-refractivity contribution in [1.82, 2.24) is 0 Å². The fourth-order valence-electron chi connectivity index (χ4n) is 1.93. The molecule has 0 fully saturated rings. The number of benzene rings is 2. The van der Waals surface area contributed by atoms with Gasteiger partial charge in [0.25, 0.3) is 5.91 Å². The quantitative estimate of drug-likeness (QED) is 0.909. The minimum atomic E-state index is -0.504. The fraction of sp³-hybridized carbons (Fsp3) is 0.188. The number of aryl methyl sites for hydroxylation is 1. The van der Waals surface area contributed by atoms with Crippen molar-refractivity contribution in [3.05, 3.63) is 58.9 Å². The number of carbonyl (C=O) groups excluding carboxylic acids is 1. The average Bonchev–Trinajstić information content (AvgIpc) is 2.49. The second-order valence-corrected chi connectivity index (χ2v) is 4.66. The van der Waals surface area contributed by atoms with E-state index in [4.69, 9.17) is 10.5 Å². The topological polar surface area (TPSA) is 64.3 Å². The number of halogens is 1. The van der Waals surface area contributed by atoms with Gasteiger partial charge in [-0.05, 0) is 42.3 Å². The predicted octanol–water partition coefficient (Wildman–Crippen LogP) is 2.85. The molecule has 0 saturated carbocycles. The molecule has 0 unspecified atom stereocenters. The van der Waals surface area contributed by atoms with E-state index in [1.807, 2.05) is 25.1 Å². The number of methoxy groups -OCH3 is 1. The summed E-state index contributed by atoms with van der Waals surface area (Å²) >= 11 is 0. The molecule has 5 heteroatoms. The third-order valence-electron chi connectivity index (χ3n) is 3.20. The van der Waals surface area contributed by atoms with E-state index in [-0.39, 0.29) is 11.7 Å². The van der Waals surface area contributed by atoms with Gasteiger partial charge in [-0.25, -0.2) is 4.39 Å². The zero-order chi connectivity index (χ0) is 15.4. The van der Waals surface area contributed by atoms with Crippen molar-refractivity contribution in [1.29, 1.82) is 0 Å². The third kappa shape index (κ3) is 3.38. The lowest BCUT2D eigenvalue weighted by molar-refractivity contribution is 0.102. The predicted molar refractivity (Wildman–Crippen MR) is 80.0 cm³/mol. The van der Waals surface area contributed by atoms with Crippen LogP contribution in [0, 0.1) is 12.7 Å². The van der Waals surface area contributed by atoms with Crippen LogP contribution in [0.15, 0.2) is 36.4 Å². The molecule has 3 N–H and O–H groups in total. The Hall–Kier alpha value is -2.40. The molecule has 0 bridgehead atoms. The fourth-order valence-corrected chi connectivity index (χ4v) is 1.93. The first-order chi connectivity index (χ1) is 10.0. The zero-order valence-corrected chi connectivity index (χ0v) is 11.9. The minimum Gasteiger partial charge on any atom is -0.494 e. The van der Waals surface area contributed by atoms with Gasteiger partial charge in [-0.3, -0.25) is 4.79 Å². The summed E-state index contributed by atoms with van der Waals surface area (Å²) in [6.07, 6.45) is 0. The zero-order valence-electron chi connectivity index (χ0n) is 11.9. The number of hydrogen-bond acceptors (Lipinski definition) is 3. The summed E-state index contributed by atoms with van der Waals surface area (Å²) in [4.78, 5) is 12.2. The Bertz CT molecular complexity index is 671. The highest BCUT2D eigenvalue weighted by Crippen LogP contribution is 2.21. The first-order valence-electron chi connectivity index (χ1n) is 6.49. The molecule has 0 spiro atoms. The number of carbonyl (C=O) groups is 1. The largest absolute Gasteiger partial charge is 0.494 e. The monoisotopic (exact) mass is 288 g/mol. The number of nitrogens with two attached hydrogens (primary N) is 1. The molecule has 0 heterocycles. The maximum Gasteiger partial charge on any atom is 0.255 e. The Morgan fingerprint density at radius 3 is 2.71 bits per heavy atom. The van der Waals surface area contributed by atoms with E-state index in [1.54, 1.807) is 0 Å². The van der Waals surface area contributed by atoms with E-state index in [9.17, 15) is 9.18 Å². The van der Waals surface area contributed by atoms with E-state index in [0.717, 1.165) is 11.1 Å². The molecule has 0 aliphatic heterocycles. The van der Waals surface area contributed by atoms with Gasteiger partial charge in [0, 0.05) is 17.8 Å². The van der Waals surface area contributed by atoms with E-state index in [2.05, 4.69) is 5.32 Å². The highest BCUT2D eigenvalue weighted by molar-refractivity contribution is 6.04. The van der Waals surface area contributed by atoms with Crippen molar-refractivity contribution in [2.75, 3.05) is 12.4 Å². The highest BCUT2D eigenvalue weighted by atomic mass is 19.1. The molecule has 21 heavy (non-hydrogen) atoms. The molecular formula is C16H17FN2O2. The van der Waals surface area contributed by atoms with Crippen molar-refractivity contribution in [3.63, 3.8) is 0 Å². The molecule has 0 aromatic heterocycles. The molecular weight excluding hydrogens is 271 g/mol. The van der Waals surface area contributed by atoms with Crippen LogP contribution in [0.5, 0.6) is 5.75 Å². The molecule has 2 aromatic rings. The van der Waals surface area contributed by atoms with Crippen molar-refractivity contribution in [3.8, 4) is 5.75 Å². The lowest BCUT2D eigenvalue weighted by Gasteiger charge is -2.11. The first kappa shape index (κ1) is 15.0. The molecule has 2 aromatic carbocycles. The molecule has 0 atom stereocenters. The summed E-state index contributed by atoms with van der Waals surface area (Å²) in [6, 6.07) is 9.61. The van der Waals surface area contributed by atoms with Gasteiger partial charge in [0.2, 0.25) is 0 Å². The number of anilines is 1. The van der Waals surface area contributed by atoms with Gasteiger partial charge < -0.3 is 15.8 Å². The highest BCUT2D eigenvalue weighted by Gasteiger charge is 2.11. The second-order valence-electron chi connectivity index (χ2n) is 4.66. The lowest BCUT2D eigenvalue weighted by atomic mass is 10.1. The summed E-state index contributed by atoms with van der Waals surface area (Å²) in [5, 5.41) is 2.80. The summed E-state index contributed by atoms with van der Waals surface area (Å²) in [5.74, 6) is -0.795. The number of ether oxygens (including phenoxy) is 1. The van der Waals surface area contributed by atoms with Crippen LogP contribution < -0.4 is 15.8 Å². The molecule has 0 saturated heterocycles. The standard InChI is InChI=1S/C16H17FN2O2/c1-10-3-4-11(9-18)7-14(10)19-16(20)12-5-6-13(17)15(8-12)21-2/h3-8H,9,18H2,1-2H3,(H,19,20). The van der Waals surface area contributed by atoms with E-state index < -0.39 is 5.82 Å². The molecule has 110 valence electrons. The lowest BCUT2D eigenvalue weighted by Crippen LogP contribution is -2.13. The van der Waals surface area contributed by atoms with Crippen LogP contribution in [0.3, 0.4) is 0 Å². The van der Waals surface area contributed by atoms with Gasteiger partial charge in [0.1, 0.15) is 0 Å². The summed E-state index contributed by atoms with van der Waals surface area (Å²) < 4.78 is 18.2. The van der Waals surface area contributed by atoms with Gasteiger partial charge in [-0.2, -0.15) is 0 Å². The van der Waals surface area contributed by atoms with Crippen LogP contribution >= 0.6 is 0 Å². The Morgan fingerprint density at radius 1 is 1.29 bits per heavy atom.